The Kier molecular flexibility index (Phi) is 3.82. The molecule has 0 atom stereocenters. The Morgan fingerprint density at radius 1 is 1.40 bits per heavy atom. The summed E-state index contributed by atoms with van der Waals surface area (Å²) < 4.78 is 28.6. The van der Waals surface area contributed by atoms with Gasteiger partial charge in [0, 0.05) is 12.4 Å². The van der Waals surface area contributed by atoms with Crippen molar-refractivity contribution in [2.24, 2.45) is 0 Å². The minimum absolute atomic E-state index is 0.129. The molecule has 0 unspecified atom stereocenters. The standard InChI is InChI=1S/C13H18N2O4S/c1-13(2,12(16)19-3)11-7-14-6-9(15-11)8-20(17,18)10-4-5-10/h6-7,10H,4-5,8H2,1-3H3. The molecule has 1 fully saturated rings. The molecule has 0 saturated heterocycles. The van der Waals surface area contributed by atoms with Crippen molar-refractivity contribution in [2.45, 2.75) is 43.1 Å². The van der Waals surface area contributed by atoms with Gasteiger partial charge in [-0.05, 0) is 26.7 Å². The lowest BCUT2D eigenvalue weighted by molar-refractivity contribution is -0.146. The second-order valence-corrected chi connectivity index (χ2v) is 7.80. The SMILES string of the molecule is COC(=O)C(C)(C)c1cncc(CS(=O)(=O)C2CC2)n1. The van der Waals surface area contributed by atoms with E-state index in [1.807, 2.05) is 0 Å². The fraction of sp³-hybridized carbons (Fsp3) is 0.615. The highest BCUT2D eigenvalue weighted by molar-refractivity contribution is 7.91. The number of aromatic nitrogens is 2. The predicted molar refractivity (Wildman–Crippen MR) is 72.7 cm³/mol. The van der Waals surface area contributed by atoms with Crippen LogP contribution in [0.2, 0.25) is 0 Å². The molecule has 7 heteroatoms. The molecular weight excluding hydrogens is 280 g/mol. The second-order valence-electron chi connectivity index (χ2n) is 5.52. The number of methoxy groups -OCH3 is 1. The molecule has 0 aromatic carbocycles. The first-order valence-corrected chi connectivity index (χ1v) is 8.10. The molecule has 1 heterocycles. The van der Waals surface area contributed by atoms with Crippen LogP contribution in [0.5, 0.6) is 0 Å². The maximum absolute atomic E-state index is 12.0. The summed E-state index contributed by atoms with van der Waals surface area (Å²) in [7, 11) is -1.84. The molecule has 0 radical (unpaired) electrons. The van der Waals surface area contributed by atoms with E-state index in [1.54, 1.807) is 13.8 Å². The van der Waals surface area contributed by atoms with E-state index in [0.717, 1.165) is 12.8 Å². The summed E-state index contributed by atoms with van der Waals surface area (Å²) in [5.41, 5.74) is -0.180. The molecule has 1 aromatic rings. The Morgan fingerprint density at radius 3 is 2.60 bits per heavy atom. The van der Waals surface area contributed by atoms with Crippen molar-refractivity contribution in [3.63, 3.8) is 0 Å². The number of hydrogen-bond acceptors (Lipinski definition) is 6. The minimum atomic E-state index is -3.15. The summed E-state index contributed by atoms with van der Waals surface area (Å²) in [6.45, 7) is 3.34. The van der Waals surface area contributed by atoms with Gasteiger partial charge in [0.1, 0.15) is 5.41 Å². The summed E-state index contributed by atoms with van der Waals surface area (Å²) >= 11 is 0. The molecule has 6 nitrogen and oxygen atoms in total. The van der Waals surface area contributed by atoms with Crippen LogP contribution in [0.25, 0.3) is 0 Å². The first kappa shape index (κ1) is 14.9. The summed E-state index contributed by atoms with van der Waals surface area (Å²) in [5, 5.41) is -0.235. The van der Waals surface area contributed by atoms with Crippen LogP contribution in [-0.2, 0) is 30.5 Å². The highest BCUT2D eigenvalue weighted by Gasteiger charge is 2.37. The first-order valence-electron chi connectivity index (χ1n) is 6.39. The molecule has 20 heavy (non-hydrogen) atoms. The molecule has 1 aliphatic rings. The van der Waals surface area contributed by atoms with Crippen LogP contribution in [0, 0.1) is 0 Å². The number of esters is 1. The Labute approximate surface area is 118 Å². The van der Waals surface area contributed by atoms with Gasteiger partial charge in [-0.2, -0.15) is 0 Å². The topological polar surface area (TPSA) is 86.2 Å². The van der Waals surface area contributed by atoms with Gasteiger partial charge in [0.25, 0.3) is 0 Å². The van der Waals surface area contributed by atoms with Gasteiger partial charge in [0.2, 0.25) is 0 Å². The van der Waals surface area contributed by atoms with E-state index in [2.05, 4.69) is 9.97 Å². The number of ether oxygens (including phenoxy) is 1. The fourth-order valence-electron chi connectivity index (χ4n) is 1.89. The van der Waals surface area contributed by atoms with Crippen LogP contribution in [0.4, 0.5) is 0 Å². The third kappa shape index (κ3) is 2.98. The highest BCUT2D eigenvalue weighted by Crippen LogP contribution is 2.31. The van der Waals surface area contributed by atoms with Crippen molar-refractivity contribution in [1.82, 2.24) is 9.97 Å². The zero-order chi connectivity index (χ0) is 15.0. The third-order valence-corrected chi connectivity index (χ3v) is 5.59. The van der Waals surface area contributed by atoms with Crippen molar-refractivity contribution in [1.29, 1.82) is 0 Å². The van der Waals surface area contributed by atoms with Gasteiger partial charge >= 0.3 is 5.97 Å². The molecule has 1 aromatic heterocycles. The maximum Gasteiger partial charge on any atom is 0.317 e. The van der Waals surface area contributed by atoms with Crippen molar-refractivity contribution < 1.29 is 17.9 Å². The normalized spacial score (nSPS) is 15.9. The number of sulfone groups is 1. The Hall–Kier alpha value is -1.50. The number of carbonyl (C=O) groups excluding carboxylic acids is 1. The Morgan fingerprint density at radius 2 is 2.05 bits per heavy atom. The fourth-order valence-corrected chi connectivity index (χ4v) is 3.53. The maximum atomic E-state index is 12.0. The predicted octanol–water partition coefficient (Wildman–Crippen LogP) is 1.00. The highest BCUT2D eigenvalue weighted by atomic mass is 32.2. The van der Waals surface area contributed by atoms with Gasteiger partial charge in [-0.3, -0.25) is 14.8 Å². The smallest absolute Gasteiger partial charge is 0.317 e. The van der Waals surface area contributed by atoms with E-state index in [1.165, 1.54) is 19.5 Å². The Balaban J connectivity index is 2.26. The number of carbonyl (C=O) groups is 1. The monoisotopic (exact) mass is 298 g/mol. The molecule has 0 bridgehead atoms. The summed E-state index contributed by atoms with van der Waals surface area (Å²) in [6, 6.07) is 0. The average molecular weight is 298 g/mol. The minimum Gasteiger partial charge on any atom is -0.468 e. The molecule has 0 spiro atoms. The zero-order valence-corrected chi connectivity index (χ0v) is 12.6. The molecule has 0 amide bonds. The Bertz CT molecular complexity index is 621. The molecule has 0 aliphatic heterocycles. The summed E-state index contributed by atoms with van der Waals surface area (Å²) in [4.78, 5) is 20.0. The van der Waals surface area contributed by atoms with Crippen LogP contribution < -0.4 is 0 Å². The number of hydrogen-bond donors (Lipinski definition) is 0. The van der Waals surface area contributed by atoms with Crippen LogP contribution in [0.3, 0.4) is 0 Å². The van der Waals surface area contributed by atoms with E-state index in [9.17, 15) is 13.2 Å². The third-order valence-electron chi connectivity index (χ3n) is 3.40. The van der Waals surface area contributed by atoms with Crippen molar-refractivity contribution in [3.8, 4) is 0 Å². The van der Waals surface area contributed by atoms with Gasteiger partial charge in [-0.15, -0.1) is 0 Å². The van der Waals surface area contributed by atoms with Crippen molar-refractivity contribution in [2.75, 3.05) is 7.11 Å². The van der Waals surface area contributed by atoms with E-state index in [0.29, 0.717) is 11.4 Å². The van der Waals surface area contributed by atoms with E-state index in [4.69, 9.17) is 4.74 Å². The molecular formula is C13H18N2O4S. The lowest BCUT2D eigenvalue weighted by atomic mass is 9.90. The second kappa shape index (κ2) is 5.12. The quantitative estimate of drug-likeness (QED) is 0.754. The van der Waals surface area contributed by atoms with Crippen LogP contribution in [0.15, 0.2) is 12.4 Å². The van der Waals surface area contributed by atoms with E-state index < -0.39 is 21.2 Å². The van der Waals surface area contributed by atoms with Crippen molar-refractivity contribution >= 4 is 15.8 Å². The van der Waals surface area contributed by atoms with E-state index in [-0.39, 0.29) is 11.0 Å². The largest absolute Gasteiger partial charge is 0.468 e. The number of rotatable bonds is 5. The average Bonchev–Trinajstić information content (AvgIpc) is 3.22. The summed E-state index contributed by atoms with van der Waals surface area (Å²) in [6.07, 6.45) is 4.34. The molecule has 2 rings (SSSR count). The van der Waals surface area contributed by atoms with Gasteiger partial charge in [-0.1, -0.05) is 0 Å². The van der Waals surface area contributed by atoms with Gasteiger partial charge < -0.3 is 4.74 Å². The number of nitrogens with zero attached hydrogens (tertiary/aromatic N) is 2. The van der Waals surface area contributed by atoms with Crippen LogP contribution in [0.1, 0.15) is 38.1 Å². The molecule has 1 aliphatic carbocycles. The summed E-state index contributed by atoms with van der Waals surface area (Å²) in [5.74, 6) is -0.565. The van der Waals surface area contributed by atoms with Gasteiger partial charge in [0.15, 0.2) is 9.84 Å². The molecule has 110 valence electrons. The van der Waals surface area contributed by atoms with Gasteiger partial charge in [-0.25, -0.2) is 8.42 Å². The molecule has 1 saturated carbocycles. The lowest BCUT2D eigenvalue weighted by Gasteiger charge is -2.20. The van der Waals surface area contributed by atoms with E-state index >= 15 is 0 Å². The zero-order valence-electron chi connectivity index (χ0n) is 11.8. The first-order chi connectivity index (χ1) is 9.27. The lowest BCUT2D eigenvalue weighted by Crippen LogP contribution is -2.31. The van der Waals surface area contributed by atoms with Crippen molar-refractivity contribution in [3.05, 3.63) is 23.8 Å². The molecule has 0 N–H and O–H groups in total. The van der Waals surface area contributed by atoms with Crippen LogP contribution in [-0.4, -0.2) is 36.7 Å². The van der Waals surface area contributed by atoms with Gasteiger partial charge in [0.05, 0.1) is 29.5 Å². The van der Waals surface area contributed by atoms with Crippen LogP contribution >= 0.6 is 0 Å².